The third kappa shape index (κ3) is 2.79. The smallest absolute Gasteiger partial charge is 0.191 e. The molecule has 2 aromatic carbocycles. The molecule has 5 rings (SSSR count). The molecule has 0 aliphatic carbocycles. The summed E-state index contributed by atoms with van der Waals surface area (Å²) in [6.07, 6.45) is -1.39. The second-order valence-electron chi connectivity index (χ2n) is 9.07. The summed E-state index contributed by atoms with van der Waals surface area (Å²) in [5, 5.41) is 6.77. The van der Waals surface area contributed by atoms with Gasteiger partial charge in [-0.3, -0.25) is 0 Å². The number of fused-ring (bicyclic) bond motifs is 3. The number of aryl methyl sites for hydroxylation is 6. The first-order valence-corrected chi connectivity index (χ1v) is 12.1. The van der Waals surface area contributed by atoms with Crippen molar-refractivity contribution in [1.29, 1.82) is 0 Å². The van der Waals surface area contributed by atoms with Crippen LogP contribution in [0.4, 0.5) is 0 Å². The number of oxime groups is 2. The lowest BCUT2D eigenvalue weighted by Gasteiger charge is -2.17. The molecule has 0 spiro atoms. The van der Waals surface area contributed by atoms with Crippen molar-refractivity contribution in [1.82, 2.24) is 0 Å². The van der Waals surface area contributed by atoms with Crippen molar-refractivity contribution in [3.05, 3.63) is 68.8 Å². The second-order valence-corrected chi connectivity index (χ2v) is 11.3. The highest BCUT2D eigenvalue weighted by molar-refractivity contribution is 7.94. The number of benzene rings is 2. The molecular formula is C24H26N2O4S. The van der Waals surface area contributed by atoms with Crippen LogP contribution in [0.5, 0.6) is 0 Å². The van der Waals surface area contributed by atoms with Gasteiger partial charge in [0.15, 0.2) is 32.5 Å². The van der Waals surface area contributed by atoms with E-state index in [0.717, 1.165) is 44.5 Å². The Morgan fingerprint density at radius 1 is 0.645 bits per heavy atom. The molecule has 7 heteroatoms. The molecular weight excluding hydrogens is 412 g/mol. The predicted octanol–water partition coefficient (Wildman–Crippen LogP) is 3.61. The Labute approximate surface area is 182 Å². The number of rotatable bonds is 2. The van der Waals surface area contributed by atoms with Crippen molar-refractivity contribution < 1.29 is 18.1 Å². The van der Waals surface area contributed by atoms with E-state index in [4.69, 9.17) is 9.68 Å². The third-order valence-corrected chi connectivity index (χ3v) is 8.98. The summed E-state index contributed by atoms with van der Waals surface area (Å²) in [6, 6.07) is 8.18. The van der Waals surface area contributed by atoms with Gasteiger partial charge in [0.2, 0.25) is 0 Å². The van der Waals surface area contributed by atoms with Gasteiger partial charge in [-0.15, -0.1) is 0 Å². The lowest BCUT2D eigenvalue weighted by molar-refractivity contribution is -0.0332. The summed E-state index contributed by atoms with van der Waals surface area (Å²) in [4.78, 5) is 11.4. The maximum atomic E-state index is 13.9. The average Bonchev–Trinajstić information content (AvgIpc) is 3.29. The molecule has 3 aliphatic rings. The van der Waals surface area contributed by atoms with Crippen LogP contribution in [0.2, 0.25) is 0 Å². The SMILES string of the molecule is Cc1cc(C)c(C2=NO[C@H]3[C@@H]4ON=C(c5c(C)cc(C)cc5C)[C@@H]4S(=O)(=O)[C@@H]23)c(C)c1. The molecule has 2 aromatic rings. The minimum Gasteiger partial charge on any atom is -0.386 e. The number of nitrogens with zero attached hydrogens (tertiary/aromatic N) is 2. The third-order valence-electron chi connectivity index (χ3n) is 6.58. The number of hydrogen-bond donors (Lipinski definition) is 0. The van der Waals surface area contributed by atoms with E-state index >= 15 is 0 Å². The van der Waals surface area contributed by atoms with Crippen LogP contribution < -0.4 is 0 Å². The van der Waals surface area contributed by atoms with Gasteiger partial charge >= 0.3 is 0 Å². The Morgan fingerprint density at radius 2 is 0.968 bits per heavy atom. The molecule has 1 fully saturated rings. The minimum atomic E-state index is -3.69. The predicted molar refractivity (Wildman–Crippen MR) is 121 cm³/mol. The Kier molecular flexibility index (Phi) is 4.35. The summed E-state index contributed by atoms with van der Waals surface area (Å²) < 4.78 is 27.8. The van der Waals surface area contributed by atoms with Gasteiger partial charge in [-0.1, -0.05) is 45.7 Å². The van der Waals surface area contributed by atoms with Gasteiger partial charge < -0.3 is 9.68 Å². The molecule has 4 atom stereocenters. The van der Waals surface area contributed by atoms with Crippen LogP contribution in [0.25, 0.3) is 0 Å². The molecule has 31 heavy (non-hydrogen) atoms. The molecule has 0 amide bonds. The van der Waals surface area contributed by atoms with Crippen LogP contribution in [0.1, 0.15) is 44.5 Å². The summed E-state index contributed by atoms with van der Waals surface area (Å²) in [6.45, 7) is 12.0. The van der Waals surface area contributed by atoms with E-state index in [1.807, 2.05) is 65.8 Å². The molecule has 0 N–H and O–H groups in total. The zero-order valence-electron chi connectivity index (χ0n) is 18.6. The summed E-state index contributed by atoms with van der Waals surface area (Å²) in [7, 11) is -3.69. The van der Waals surface area contributed by atoms with Gasteiger partial charge in [0.25, 0.3) is 0 Å². The summed E-state index contributed by atoms with van der Waals surface area (Å²) in [5.41, 5.74) is 8.89. The highest BCUT2D eigenvalue weighted by Gasteiger charge is 2.67. The van der Waals surface area contributed by atoms with E-state index in [0.29, 0.717) is 11.4 Å². The first-order chi connectivity index (χ1) is 14.6. The van der Waals surface area contributed by atoms with Gasteiger partial charge in [-0.2, -0.15) is 0 Å². The van der Waals surface area contributed by atoms with E-state index in [1.54, 1.807) is 0 Å². The molecule has 0 aromatic heterocycles. The minimum absolute atomic E-state index is 0.481. The van der Waals surface area contributed by atoms with Gasteiger partial charge in [0, 0.05) is 11.1 Å². The van der Waals surface area contributed by atoms with Crippen LogP contribution in [-0.2, 0) is 19.5 Å². The quantitative estimate of drug-likeness (QED) is 0.718. The Hall–Kier alpha value is -2.67. The van der Waals surface area contributed by atoms with Crippen molar-refractivity contribution in [2.24, 2.45) is 10.3 Å². The zero-order chi connectivity index (χ0) is 22.2. The molecule has 1 saturated heterocycles. The van der Waals surface area contributed by atoms with Crippen LogP contribution in [0.3, 0.4) is 0 Å². The van der Waals surface area contributed by atoms with Crippen LogP contribution in [-0.4, -0.2) is 42.5 Å². The highest BCUT2D eigenvalue weighted by atomic mass is 32.2. The fourth-order valence-electron chi connectivity index (χ4n) is 5.61. The van der Waals surface area contributed by atoms with Crippen molar-refractivity contribution in [3.63, 3.8) is 0 Å². The molecule has 0 unspecified atom stereocenters. The maximum absolute atomic E-state index is 13.9. The van der Waals surface area contributed by atoms with Crippen molar-refractivity contribution in [2.75, 3.05) is 0 Å². The van der Waals surface area contributed by atoms with Crippen molar-refractivity contribution in [3.8, 4) is 0 Å². The molecule has 162 valence electrons. The van der Waals surface area contributed by atoms with Crippen LogP contribution >= 0.6 is 0 Å². The largest absolute Gasteiger partial charge is 0.386 e. The highest BCUT2D eigenvalue weighted by Crippen LogP contribution is 2.44. The lowest BCUT2D eigenvalue weighted by atomic mass is 9.90. The topological polar surface area (TPSA) is 77.3 Å². The zero-order valence-corrected chi connectivity index (χ0v) is 19.4. The standard InChI is InChI=1S/C24H26N2O4S/c1-11-7-13(3)17(14(4)8-11)19-23-21(29-25-19)22-24(31(23,27)28)20(26-30-22)18-15(5)9-12(2)10-16(18)6/h7-10,21-24H,1-6H3/t21-,22-,23-,24-/m0/s1. The van der Waals surface area contributed by atoms with Crippen LogP contribution in [0.15, 0.2) is 34.6 Å². The van der Waals surface area contributed by atoms with Gasteiger partial charge in [-0.05, 0) is 63.8 Å². The molecule has 3 aliphatic heterocycles. The lowest BCUT2D eigenvalue weighted by Crippen LogP contribution is -2.36. The van der Waals surface area contributed by atoms with Gasteiger partial charge in [0.05, 0.1) is 0 Å². The van der Waals surface area contributed by atoms with Crippen molar-refractivity contribution in [2.45, 2.75) is 64.3 Å². The summed E-state index contributed by atoms with van der Waals surface area (Å²) in [5.74, 6) is 0. The first-order valence-electron chi connectivity index (χ1n) is 10.5. The fraction of sp³-hybridized carbons (Fsp3) is 0.417. The fourth-order valence-corrected chi connectivity index (χ4v) is 8.03. The normalized spacial score (nSPS) is 27.8. The number of hydrogen-bond acceptors (Lipinski definition) is 6. The maximum Gasteiger partial charge on any atom is 0.191 e. The van der Waals surface area contributed by atoms with E-state index < -0.39 is 32.5 Å². The van der Waals surface area contributed by atoms with E-state index in [2.05, 4.69) is 10.3 Å². The number of sulfone groups is 1. The summed E-state index contributed by atoms with van der Waals surface area (Å²) >= 11 is 0. The molecule has 0 radical (unpaired) electrons. The van der Waals surface area contributed by atoms with E-state index in [-0.39, 0.29) is 0 Å². The Balaban J connectivity index is 1.60. The Morgan fingerprint density at radius 3 is 1.29 bits per heavy atom. The van der Waals surface area contributed by atoms with Gasteiger partial charge in [0.1, 0.15) is 11.4 Å². The average molecular weight is 439 g/mol. The van der Waals surface area contributed by atoms with E-state index in [1.165, 1.54) is 0 Å². The van der Waals surface area contributed by atoms with E-state index in [9.17, 15) is 8.42 Å². The molecule has 3 heterocycles. The van der Waals surface area contributed by atoms with Crippen LogP contribution in [0, 0.1) is 41.5 Å². The first kappa shape index (κ1) is 20.2. The second kappa shape index (κ2) is 6.66. The molecule has 0 bridgehead atoms. The molecule has 0 saturated carbocycles. The van der Waals surface area contributed by atoms with Crippen molar-refractivity contribution >= 4 is 21.3 Å². The molecule has 6 nitrogen and oxygen atoms in total. The monoisotopic (exact) mass is 438 g/mol. The Bertz CT molecular complexity index is 1150. The van der Waals surface area contributed by atoms with Gasteiger partial charge in [-0.25, -0.2) is 8.42 Å².